The van der Waals surface area contributed by atoms with Crippen LogP contribution in [0.4, 0.5) is 9.93 Å². The minimum atomic E-state index is -0.794. The summed E-state index contributed by atoms with van der Waals surface area (Å²) in [6.07, 6.45) is 3.10. The Labute approximate surface area is 160 Å². The van der Waals surface area contributed by atoms with Crippen LogP contribution < -0.4 is 10.6 Å². The van der Waals surface area contributed by atoms with Gasteiger partial charge in [-0.15, -0.1) is 11.3 Å². The summed E-state index contributed by atoms with van der Waals surface area (Å²) in [6, 6.07) is 7.47. The number of amides is 4. The van der Waals surface area contributed by atoms with Crippen molar-refractivity contribution in [3.05, 3.63) is 35.2 Å². The summed E-state index contributed by atoms with van der Waals surface area (Å²) in [7, 11) is 0. The fourth-order valence-corrected chi connectivity index (χ4v) is 4.36. The molecule has 2 N–H and O–H groups in total. The summed E-state index contributed by atoms with van der Waals surface area (Å²) >= 11 is 1.31. The molecule has 1 aliphatic heterocycles. The normalized spacial score (nSPS) is 18.2. The van der Waals surface area contributed by atoms with Crippen molar-refractivity contribution in [2.75, 3.05) is 11.9 Å². The van der Waals surface area contributed by atoms with Gasteiger partial charge in [-0.05, 0) is 19.8 Å². The van der Waals surface area contributed by atoms with E-state index in [1.54, 1.807) is 0 Å². The average Bonchev–Trinajstić information content (AvgIpc) is 3.34. The zero-order valence-electron chi connectivity index (χ0n) is 14.9. The molecule has 0 atom stereocenters. The first kappa shape index (κ1) is 17.7. The third kappa shape index (κ3) is 3.32. The number of aromatic nitrogens is 1. The fraction of sp³-hybridized carbons (Fsp3) is 0.368. The Hall–Kier alpha value is -2.74. The number of nitrogens with one attached hydrogen (secondary N) is 2. The van der Waals surface area contributed by atoms with Gasteiger partial charge in [0.2, 0.25) is 5.91 Å². The molecular formula is C19H20N4O3S. The molecule has 0 bridgehead atoms. The van der Waals surface area contributed by atoms with Gasteiger partial charge in [0.25, 0.3) is 5.91 Å². The molecule has 1 spiro atoms. The summed E-state index contributed by atoms with van der Waals surface area (Å²) in [5.74, 6) is -0.724. The minimum Gasteiger partial charge on any atom is -0.323 e. The van der Waals surface area contributed by atoms with Gasteiger partial charge in [0, 0.05) is 10.9 Å². The van der Waals surface area contributed by atoms with Gasteiger partial charge >= 0.3 is 6.03 Å². The van der Waals surface area contributed by atoms with Crippen LogP contribution in [0.1, 0.15) is 31.2 Å². The van der Waals surface area contributed by atoms with E-state index in [4.69, 9.17) is 0 Å². The van der Waals surface area contributed by atoms with Gasteiger partial charge in [0.1, 0.15) is 12.1 Å². The molecule has 2 heterocycles. The van der Waals surface area contributed by atoms with Crippen LogP contribution in [0.2, 0.25) is 0 Å². The van der Waals surface area contributed by atoms with E-state index in [1.807, 2.05) is 36.6 Å². The average molecular weight is 384 g/mol. The number of hydrogen-bond donors (Lipinski definition) is 2. The van der Waals surface area contributed by atoms with Crippen molar-refractivity contribution < 1.29 is 14.4 Å². The van der Waals surface area contributed by atoms with Crippen LogP contribution in [0.5, 0.6) is 0 Å². The molecule has 1 aliphatic carbocycles. The summed E-state index contributed by atoms with van der Waals surface area (Å²) in [5, 5.41) is 7.76. The summed E-state index contributed by atoms with van der Waals surface area (Å²) in [6.45, 7) is 1.72. The highest BCUT2D eigenvalue weighted by molar-refractivity contribution is 7.14. The number of rotatable bonds is 4. The molecule has 1 saturated carbocycles. The molecular weight excluding hydrogens is 364 g/mol. The number of hydrogen-bond acceptors (Lipinski definition) is 5. The topological polar surface area (TPSA) is 91.4 Å². The molecule has 0 unspecified atom stereocenters. The van der Waals surface area contributed by atoms with Gasteiger partial charge in [-0.25, -0.2) is 9.78 Å². The molecule has 1 aromatic heterocycles. The van der Waals surface area contributed by atoms with E-state index in [1.165, 1.54) is 11.3 Å². The molecule has 1 aromatic carbocycles. The van der Waals surface area contributed by atoms with E-state index in [0.29, 0.717) is 18.0 Å². The lowest BCUT2D eigenvalue weighted by atomic mass is 9.98. The maximum Gasteiger partial charge on any atom is 0.325 e. The lowest BCUT2D eigenvalue weighted by molar-refractivity contribution is -0.133. The largest absolute Gasteiger partial charge is 0.325 e. The lowest BCUT2D eigenvalue weighted by Gasteiger charge is -2.19. The Kier molecular flexibility index (Phi) is 4.43. The highest BCUT2D eigenvalue weighted by Gasteiger charge is 2.52. The molecule has 1 saturated heterocycles. The summed E-state index contributed by atoms with van der Waals surface area (Å²) in [5.41, 5.74) is 2.11. The van der Waals surface area contributed by atoms with Crippen molar-refractivity contribution in [2.24, 2.45) is 0 Å². The van der Waals surface area contributed by atoms with Crippen molar-refractivity contribution in [3.63, 3.8) is 0 Å². The van der Waals surface area contributed by atoms with Gasteiger partial charge in [-0.1, -0.05) is 42.7 Å². The van der Waals surface area contributed by atoms with E-state index in [9.17, 15) is 14.4 Å². The molecule has 2 aliphatic rings. The number of thiazole rings is 1. The number of imide groups is 1. The molecule has 2 fully saturated rings. The Balaban J connectivity index is 1.41. The molecule has 4 rings (SSSR count). The smallest absolute Gasteiger partial charge is 0.323 e. The van der Waals surface area contributed by atoms with Crippen LogP contribution in [0.3, 0.4) is 0 Å². The first-order valence-corrected chi connectivity index (χ1v) is 9.81. The second-order valence-electron chi connectivity index (χ2n) is 7.06. The summed E-state index contributed by atoms with van der Waals surface area (Å²) in [4.78, 5) is 42.5. The molecule has 7 nitrogen and oxygen atoms in total. The van der Waals surface area contributed by atoms with Crippen LogP contribution in [0.15, 0.2) is 29.6 Å². The van der Waals surface area contributed by atoms with Gasteiger partial charge in [-0.2, -0.15) is 0 Å². The Morgan fingerprint density at radius 2 is 1.96 bits per heavy atom. The van der Waals surface area contributed by atoms with E-state index in [2.05, 4.69) is 15.6 Å². The maximum absolute atomic E-state index is 12.6. The van der Waals surface area contributed by atoms with Crippen LogP contribution in [0, 0.1) is 6.92 Å². The van der Waals surface area contributed by atoms with Crippen LogP contribution in [0.25, 0.3) is 11.3 Å². The molecule has 4 amide bonds. The van der Waals surface area contributed by atoms with Gasteiger partial charge in [0.15, 0.2) is 5.13 Å². The van der Waals surface area contributed by atoms with Gasteiger partial charge < -0.3 is 10.6 Å². The van der Waals surface area contributed by atoms with Crippen molar-refractivity contribution >= 4 is 34.3 Å². The number of carbonyl (C=O) groups is 3. The number of nitrogens with zero attached hydrogens (tertiary/aromatic N) is 2. The van der Waals surface area contributed by atoms with Gasteiger partial charge in [-0.3, -0.25) is 14.5 Å². The van der Waals surface area contributed by atoms with Crippen LogP contribution in [-0.2, 0) is 9.59 Å². The number of aryl methyl sites for hydroxylation is 1. The molecule has 140 valence electrons. The molecule has 8 heteroatoms. The Bertz CT molecular complexity index is 900. The Morgan fingerprint density at radius 1 is 1.26 bits per heavy atom. The second kappa shape index (κ2) is 6.77. The number of anilines is 1. The fourth-order valence-electron chi connectivity index (χ4n) is 3.63. The third-order valence-corrected chi connectivity index (χ3v) is 5.86. The van der Waals surface area contributed by atoms with E-state index < -0.39 is 17.5 Å². The quantitative estimate of drug-likeness (QED) is 0.793. The third-order valence-electron chi connectivity index (χ3n) is 5.10. The molecule has 2 aromatic rings. The number of benzene rings is 1. The predicted molar refractivity (Wildman–Crippen MR) is 102 cm³/mol. The van der Waals surface area contributed by atoms with Gasteiger partial charge in [0.05, 0.1) is 5.69 Å². The predicted octanol–water partition coefficient (Wildman–Crippen LogP) is 2.92. The van der Waals surface area contributed by atoms with Crippen molar-refractivity contribution in [1.82, 2.24) is 15.2 Å². The van der Waals surface area contributed by atoms with E-state index in [-0.39, 0.29) is 12.5 Å². The number of carbonyl (C=O) groups excluding carboxylic acids is 3. The monoisotopic (exact) mass is 384 g/mol. The first-order valence-electron chi connectivity index (χ1n) is 8.93. The second-order valence-corrected chi connectivity index (χ2v) is 7.92. The van der Waals surface area contributed by atoms with E-state index in [0.717, 1.165) is 34.6 Å². The maximum atomic E-state index is 12.6. The highest BCUT2D eigenvalue weighted by atomic mass is 32.1. The zero-order valence-corrected chi connectivity index (χ0v) is 15.8. The summed E-state index contributed by atoms with van der Waals surface area (Å²) < 4.78 is 0. The van der Waals surface area contributed by atoms with Crippen molar-refractivity contribution in [2.45, 2.75) is 38.1 Å². The highest BCUT2D eigenvalue weighted by Crippen LogP contribution is 2.35. The molecule has 27 heavy (non-hydrogen) atoms. The Morgan fingerprint density at radius 3 is 2.67 bits per heavy atom. The first-order chi connectivity index (χ1) is 13.0. The van der Waals surface area contributed by atoms with Crippen LogP contribution >= 0.6 is 11.3 Å². The van der Waals surface area contributed by atoms with Crippen molar-refractivity contribution in [1.29, 1.82) is 0 Å². The van der Waals surface area contributed by atoms with Crippen LogP contribution in [-0.4, -0.2) is 39.8 Å². The number of urea groups is 1. The minimum absolute atomic E-state index is 0.292. The zero-order chi connectivity index (χ0) is 19.0. The SMILES string of the molecule is Cc1ccc(-c2csc(NC(=O)CN3C(=O)NC4(CCCC4)C3=O)n2)cc1. The molecule has 0 radical (unpaired) electrons. The van der Waals surface area contributed by atoms with Crippen molar-refractivity contribution in [3.8, 4) is 11.3 Å². The van der Waals surface area contributed by atoms with E-state index >= 15 is 0 Å². The lowest BCUT2D eigenvalue weighted by Crippen LogP contribution is -2.44. The standard InChI is InChI=1S/C19H20N4O3S/c1-12-4-6-13(7-5-12)14-11-27-17(20-14)21-15(24)10-23-16(25)19(22-18(23)26)8-2-3-9-19/h4-7,11H,2-3,8-10H2,1H3,(H,22,26)(H,20,21,24).